The zero-order valence-corrected chi connectivity index (χ0v) is 9.62. The van der Waals surface area contributed by atoms with Crippen molar-refractivity contribution in [3.63, 3.8) is 0 Å². The van der Waals surface area contributed by atoms with E-state index in [-0.39, 0.29) is 18.0 Å². The van der Waals surface area contributed by atoms with Crippen molar-refractivity contribution in [2.75, 3.05) is 14.2 Å². The number of ether oxygens (including phenoxy) is 2. The highest BCUT2D eigenvalue weighted by atomic mass is 19.1. The predicted octanol–water partition coefficient (Wildman–Crippen LogP) is 1.86. The summed E-state index contributed by atoms with van der Waals surface area (Å²) in [7, 11) is 2.79. The number of carbonyl (C=O) groups is 1. The SMILES string of the molecule is COC(OC)C(=O)Cc1cc(F)ccc1C. The molecule has 0 radical (unpaired) electrons. The van der Waals surface area contributed by atoms with Gasteiger partial charge in [-0.15, -0.1) is 0 Å². The van der Waals surface area contributed by atoms with Gasteiger partial charge in [0.2, 0.25) is 6.29 Å². The summed E-state index contributed by atoms with van der Waals surface area (Å²) < 4.78 is 22.7. The van der Waals surface area contributed by atoms with Crippen molar-refractivity contribution in [1.82, 2.24) is 0 Å². The van der Waals surface area contributed by atoms with Crippen LogP contribution in [0.2, 0.25) is 0 Å². The third-order valence-corrected chi connectivity index (χ3v) is 2.37. The minimum absolute atomic E-state index is 0.107. The Morgan fingerprint density at radius 3 is 2.56 bits per heavy atom. The molecule has 0 heterocycles. The highest BCUT2D eigenvalue weighted by Crippen LogP contribution is 2.12. The Morgan fingerprint density at radius 2 is 2.00 bits per heavy atom. The molecule has 0 N–H and O–H groups in total. The molecule has 1 aromatic carbocycles. The minimum atomic E-state index is -0.886. The molecule has 1 rings (SSSR count). The van der Waals surface area contributed by atoms with E-state index in [9.17, 15) is 9.18 Å². The summed E-state index contributed by atoms with van der Waals surface area (Å²) in [5.74, 6) is -0.571. The van der Waals surface area contributed by atoms with Gasteiger partial charge in [0, 0.05) is 20.6 Å². The van der Waals surface area contributed by atoms with Crippen LogP contribution >= 0.6 is 0 Å². The molecule has 0 aromatic heterocycles. The molecule has 0 spiro atoms. The molecule has 0 fully saturated rings. The maximum absolute atomic E-state index is 13.0. The number of carbonyl (C=O) groups excluding carboxylic acids is 1. The quantitative estimate of drug-likeness (QED) is 0.719. The van der Waals surface area contributed by atoms with E-state index in [1.54, 1.807) is 6.07 Å². The molecule has 0 aliphatic rings. The second kappa shape index (κ2) is 5.72. The molecule has 1 aromatic rings. The van der Waals surface area contributed by atoms with Gasteiger partial charge in [-0.3, -0.25) is 4.79 Å². The van der Waals surface area contributed by atoms with Gasteiger partial charge in [0.15, 0.2) is 5.78 Å². The highest BCUT2D eigenvalue weighted by Gasteiger charge is 2.17. The standard InChI is InChI=1S/C12H15FO3/c1-8-4-5-10(13)6-9(8)7-11(14)12(15-2)16-3/h4-6,12H,7H2,1-3H3. The van der Waals surface area contributed by atoms with Crippen molar-refractivity contribution >= 4 is 5.78 Å². The number of methoxy groups -OCH3 is 2. The minimum Gasteiger partial charge on any atom is -0.349 e. The Bertz CT molecular complexity index is 373. The molecule has 88 valence electrons. The van der Waals surface area contributed by atoms with Crippen LogP contribution < -0.4 is 0 Å². The zero-order chi connectivity index (χ0) is 12.1. The number of aryl methyl sites for hydroxylation is 1. The van der Waals surface area contributed by atoms with Crippen LogP contribution in [-0.4, -0.2) is 26.3 Å². The molecule has 0 aliphatic carbocycles. The van der Waals surface area contributed by atoms with Gasteiger partial charge in [0.05, 0.1) is 0 Å². The van der Waals surface area contributed by atoms with Crippen LogP contribution in [0.1, 0.15) is 11.1 Å². The highest BCUT2D eigenvalue weighted by molar-refractivity contribution is 5.84. The Hall–Kier alpha value is -1.26. The molecule has 0 atom stereocenters. The van der Waals surface area contributed by atoms with Crippen molar-refractivity contribution in [3.05, 3.63) is 35.1 Å². The fraction of sp³-hybridized carbons (Fsp3) is 0.417. The number of Topliss-reactive ketones (excluding diaryl/α,β-unsaturated/α-hetero) is 1. The van der Waals surface area contributed by atoms with Crippen molar-refractivity contribution in [3.8, 4) is 0 Å². The Morgan fingerprint density at radius 1 is 1.38 bits per heavy atom. The number of ketones is 1. The number of hydrogen-bond donors (Lipinski definition) is 0. The second-order valence-corrected chi connectivity index (χ2v) is 3.52. The first kappa shape index (κ1) is 12.8. The molecule has 0 saturated carbocycles. The van der Waals surface area contributed by atoms with Gasteiger partial charge in [-0.2, -0.15) is 0 Å². The third-order valence-electron chi connectivity index (χ3n) is 2.37. The van der Waals surface area contributed by atoms with E-state index in [1.807, 2.05) is 6.92 Å². The maximum Gasteiger partial charge on any atom is 0.217 e. The Labute approximate surface area is 94.2 Å². The molecular weight excluding hydrogens is 211 g/mol. The normalized spacial score (nSPS) is 10.8. The lowest BCUT2D eigenvalue weighted by molar-refractivity contribution is -0.155. The average molecular weight is 226 g/mol. The molecular formula is C12H15FO3. The fourth-order valence-corrected chi connectivity index (χ4v) is 1.46. The van der Waals surface area contributed by atoms with Crippen LogP contribution in [0.5, 0.6) is 0 Å². The first-order valence-electron chi connectivity index (χ1n) is 4.91. The summed E-state index contributed by atoms with van der Waals surface area (Å²) in [5.41, 5.74) is 1.53. The molecule has 0 unspecified atom stereocenters. The van der Waals surface area contributed by atoms with Crippen LogP contribution in [-0.2, 0) is 20.7 Å². The van der Waals surface area contributed by atoms with Crippen LogP contribution in [0.4, 0.5) is 4.39 Å². The van der Waals surface area contributed by atoms with Gasteiger partial charge in [-0.05, 0) is 30.2 Å². The van der Waals surface area contributed by atoms with Crippen LogP contribution in [0.3, 0.4) is 0 Å². The van der Waals surface area contributed by atoms with Gasteiger partial charge in [-0.25, -0.2) is 4.39 Å². The summed E-state index contributed by atoms with van der Waals surface area (Å²) in [6.45, 7) is 1.83. The summed E-state index contributed by atoms with van der Waals surface area (Å²) >= 11 is 0. The average Bonchev–Trinajstić information content (AvgIpc) is 2.25. The first-order chi connectivity index (χ1) is 7.58. The smallest absolute Gasteiger partial charge is 0.217 e. The van der Waals surface area contributed by atoms with Gasteiger partial charge in [-0.1, -0.05) is 6.07 Å². The van der Waals surface area contributed by atoms with E-state index < -0.39 is 6.29 Å². The monoisotopic (exact) mass is 226 g/mol. The number of benzene rings is 1. The molecule has 0 amide bonds. The van der Waals surface area contributed by atoms with Gasteiger partial charge in [0.25, 0.3) is 0 Å². The number of rotatable bonds is 5. The maximum atomic E-state index is 13.0. The summed E-state index contributed by atoms with van der Waals surface area (Å²) in [5, 5.41) is 0. The number of hydrogen-bond acceptors (Lipinski definition) is 3. The molecule has 0 aliphatic heterocycles. The molecule has 3 nitrogen and oxygen atoms in total. The first-order valence-corrected chi connectivity index (χ1v) is 4.91. The topological polar surface area (TPSA) is 35.5 Å². The van der Waals surface area contributed by atoms with E-state index in [0.29, 0.717) is 5.56 Å². The van der Waals surface area contributed by atoms with Crippen LogP contribution in [0.25, 0.3) is 0 Å². The van der Waals surface area contributed by atoms with Crippen molar-refractivity contribution in [2.24, 2.45) is 0 Å². The number of halogens is 1. The summed E-state index contributed by atoms with van der Waals surface area (Å²) in [4.78, 5) is 11.7. The zero-order valence-electron chi connectivity index (χ0n) is 9.62. The lowest BCUT2D eigenvalue weighted by Gasteiger charge is -2.12. The van der Waals surface area contributed by atoms with E-state index in [1.165, 1.54) is 26.4 Å². The van der Waals surface area contributed by atoms with Crippen LogP contribution in [0, 0.1) is 12.7 Å². The summed E-state index contributed by atoms with van der Waals surface area (Å²) in [6, 6.07) is 4.37. The third kappa shape index (κ3) is 3.12. The van der Waals surface area contributed by atoms with E-state index in [0.717, 1.165) is 5.56 Å². The van der Waals surface area contributed by atoms with E-state index in [4.69, 9.17) is 9.47 Å². The van der Waals surface area contributed by atoms with E-state index >= 15 is 0 Å². The van der Waals surface area contributed by atoms with Gasteiger partial charge in [0.1, 0.15) is 5.82 Å². The second-order valence-electron chi connectivity index (χ2n) is 3.52. The van der Waals surface area contributed by atoms with Crippen LogP contribution in [0.15, 0.2) is 18.2 Å². The van der Waals surface area contributed by atoms with Gasteiger partial charge < -0.3 is 9.47 Å². The van der Waals surface area contributed by atoms with Crippen molar-refractivity contribution in [1.29, 1.82) is 0 Å². The van der Waals surface area contributed by atoms with E-state index in [2.05, 4.69) is 0 Å². The van der Waals surface area contributed by atoms with Crippen molar-refractivity contribution < 1.29 is 18.7 Å². The Balaban J connectivity index is 2.80. The summed E-state index contributed by atoms with van der Waals surface area (Å²) in [6.07, 6.45) is -0.779. The molecule has 4 heteroatoms. The molecule has 0 bridgehead atoms. The lowest BCUT2D eigenvalue weighted by atomic mass is 10.0. The fourth-order valence-electron chi connectivity index (χ4n) is 1.46. The predicted molar refractivity (Wildman–Crippen MR) is 57.7 cm³/mol. The molecule has 16 heavy (non-hydrogen) atoms. The van der Waals surface area contributed by atoms with Gasteiger partial charge >= 0.3 is 0 Å². The largest absolute Gasteiger partial charge is 0.349 e. The lowest BCUT2D eigenvalue weighted by Crippen LogP contribution is -2.26. The van der Waals surface area contributed by atoms with Crippen molar-refractivity contribution in [2.45, 2.75) is 19.6 Å². The Kier molecular flexibility index (Phi) is 4.58. The molecule has 0 saturated heterocycles.